The van der Waals surface area contributed by atoms with Gasteiger partial charge in [0.15, 0.2) is 16.7 Å². The normalized spacial score (nSPS) is 12.1. The molecule has 1 aromatic carbocycles. The lowest BCUT2D eigenvalue weighted by molar-refractivity contribution is -0.115. The quantitative estimate of drug-likeness (QED) is 0.717. The van der Waals surface area contributed by atoms with E-state index in [4.69, 9.17) is 4.42 Å². The lowest BCUT2D eigenvalue weighted by Crippen LogP contribution is -2.22. The second-order valence-corrected chi connectivity index (χ2v) is 6.41. The summed E-state index contributed by atoms with van der Waals surface area (Å²) in [6.45, 7) is 1.77. The second kappa shape index (κ2) is 6.88. The lowest BCUT2D eigenvalue weighted by atomic mass is 10.3. The first-order valence-electron chi connectivity index (χ1n) is 7.21. The zero-order chi connectivity index (χ0) is 17.1. The number of aromatic nitrogens is 3. The first kappa shape index (κ1) is 16.3. The third-order valence-electron chi connectivity index (χ3n) is 3.34. The maximum atomic E-state index is 12.9. The molecule has 0 radical (unpaired) electrons. The van der Waals surface area contributed by atoms with Gasteiger partial charge in [-0.25, -0.2) is 4.39 Å². The number of rotatable bonds is 5. The number of furan rings is 1. The molecule has 0 fully saturated rings. The van der Waals surface area contributed by atoms with Crippen molar-refractivity contribution >= 4 is 23.4 Å². The molecule has 1 N–H and O–H groups in total. The minimum absolute atomic E-state index is 0.200. The zero-order valence-electron chi connectivity index (χ0n) is 13.1. The highest BCUT2D eigenvalue weighted by Gasteiger charge is 2.20. The van der Waals surface area contributed by atoms with Gasteiger partial charge in [-0.1, -0.05) is 11.8 Å². The van der Waals surface area contributed by atoms with Crippen molar-refractivity contribution in [1.29, 1.82) is 0 Å². The summed E-state index contributed by atoms with van der Waals surface area (Å²) >= 11 is 1.28. The van der Waals surface area contributed by atoms with Crippen LogP contribution in [0.1, 0.15) is 6.92 Å². The largest absolute Gasteiger partial charge is 0.461 e. The number of halogens is 1. The second-order valence-electron chi connectivity index (χ2n) is 5.10. The fourth-order valence-electron chi connectivity index (χ4n) is 2.03. The van der Waals surface area contributed by atoms with Gasteiger partial charge in [-0.3, -0.25) is 4.79 Å². The number of hydrogen-bond donors (Lipinski definition) is 1. The monoisotopic (exact) mass is 346 g/mol. The Kier molecular flexibility index (Phi) is 4.66. The number of benzene rings is 1. The molecule has 0 spiro atoms. The molecule has 124 valence electrons. The molecule has 3 aromatic rings. The van der Waals surface area contributed by atoms with E-state index in [0.29, 0.717) is 22.4 Å². The number of nitrogens with zero attached hydrogens (tertiary/aromatic N) is 3. The van der Waals surface area contributed by atoms with E-state index in [2.05, 4.69) is 15.5 Å². The van der Waals surface area contributed by atoms with Crippen LogP contribution in [0.4, 0.5) is 10.1 Å². The third kappa shape index (κ3) is 3.48. The van der Waals surface area contributed by atoms with Crippen molar-refractivity contribution in [3.05, 3.63) is 48.5 Å². The Hall–Kier alpha value is -2.61. The molecule has 0 bridgehead atoms. The van der Waals surface area contributed by atoms with Crippen LogP contribution in [0.5, 0.6) is 0 Å². The predicted octanol–water partition coefficient (Wildman–Crippen LogP) is 3.33. The van der Waals surface area contributed by atoms with Gasteiger partial charge in [0, 0.05) is 12.7 Å². The van der Waals surface area contributed by atoms with Crippen LogP contribution in [0, 0.1) is 5.82 Å². The van der Waals surface area contributed by atoms with Crippen molar-refractivity contribution in [2.24, 2.45) is 7.05 Å². The highest BCUT2D eigenvalue weighted by molar-refractivity contribution is 8.00. The van der Waals surface area contributed by atoms with Crippen molar-refractivity contribution in [3.63, 3.8) is 0 Å². The Bertz CT molecular complexity index is 830. The fraction of sp³-hybridized carbons (Fsp3) is 0.188. The number of hydrogen-bond acceptors (Lipinski definition) is 5. The fourth-order valence-corrected chi connectivity index (χ4v) is 2.84. The molecule has 3 rings (SSSR count). The van der Waals surface area contributed by atoms with Gasteiger partial charge in [-0.2, -0.15) is 0 Å². The van der Waals surface area contributed by atoms with Crippen molar-refractivity contribution in [2.45, 2.75) is 17.3 Å². The van der Waals surface area contributed by atoms with E-state index >= 15 is 0 Å². The molecule has 0 aliphatic rings. The molecule has 6 nitrogen and oxygen atoms in total. The smallest absolute Gasteiger partial charge is 0.237 e. The molecular weight excluding hydrogens is 331 g/mol. The number of amides is 1. The van der Waals surface area contributed by atoms with Gasteiger partial charge >= 0.3 is 0 Å². The Morgan fingerprint density at radius 2 is 2.04 bits per heavy atom. The Balaban J connectivity index is 1.67. The van der Waals surface area contributed by atoms with Crippen LogP contribution in [0.15, 0.2) is 52.2 Å². The number of anilines is 1. The SMILES string of the molecule is C[C@@H](Sc1nnc(-c2ccco2)n1C)C(=O)Nc1ccc(F)cc1. The summed E-state index contributed by atoms with van der Waals surface area (Å²) in [5, 5.41) is 11.1. The van der Waals surface area contributed by atoms with Crippen molar-refractivity contribution in [1.82, 2.24) is 14.8 Å². The summed E-state index contributed by atoms with van der Waals surface area (Å²) in [6.07, 6.45) is 1.57. The van der Waals surface area contributed by atoms with E-state index < -0.39 is 5.25 Å². The number of nitrogens with one attached hydrogen (secondary N) is 1. The van der Waals surface area contributed by atoms with E-state index in [1.54, 1.807) is 29.9 Å². The van der Waals surface area contributed by atoms with Crippen LogP contribution in [0.25, 0.3) is 11.6 Å². The number of thioether (sulfide) groups is 1. The molecule has 2 aromatic heterocycles. The minimum atomic E-state index is -0.401. The Morgan fingerprint density at radius 1 is 1.29 bits per heavy atom. The van der Waals surface area contributed by atoms with E-state index in [9.17, 15) is 9.18 Å². The first-order chi connectivity index (χ1) is 11.5. The molecule has 0 unspecified atom stereocenters. The van der Waals surface area contributed by atoms with Crippen LogP contribution >= 0.6 is 11.8 Å². The zero-order valence-corrected chi connectivity index (χ0v) is 13.9. The summed E-state index contributed by atoms with van der Waals surface area (Å²) in [5.41, 5.74) is 0.545. The maximum Gasteiger partial charge on any atom is 0.237 e. The molecule has 2 heterocycles. The molecule has 0 saturated heterocycles. The van der Waals surface area contributed by atoms with Gasteiger partial charge in [0.25, 0.3) is 0 Å². The molecule has 0 aliphatic heterocycles. The Morgan fingerprint density at radius 3 is 2.71 bits per heavy atom. The predicted molar refractivity (Wildman–Crippen MR) is 89.1 cm³/mol. The van der Waals surface area contributed by atoms with E-state index in [1.165, 1.54) is 36.0 Å². The van der Waals surface area contributed by atoms with E-state index in [0.717, 1.165) is 0 Å². The molecule has 0 saturated carbocycles. The lowest BCUT2D eigenvalue weighted by Gasteiger charge is -2.11. The van der Waals surface area contributed by atoms with Gasteiger partial charge in [-0.15, -0.1) is 10.2 Å². The average molecular weight is 346 g/mol. The third-order valence-corrected chi connectivity index (χ3v) is 4.47. The molecule has 1 atom stereocenters. The maximum absolute atomic E-state index is 12.9. The van der Waals surface area contributed by atoms with Crippen LogP contribution in [-0.2, 0) is 11.8 Å². The number of carbonyl (C=O) groups is 1. The molecule has 24 heavy (non-hydrogen) atoms. The standard InChI is InChI=1S/C16H15FN4O2S/c1-10(15(22)18-12-7-5-11(17)6-8-12)24-16-20-19-14(21(16)2)13-4-3-9-23-13/h3-10H,1-2H3,(H,18,22)/t10-/m1/s1. The molecule has 1 amide bonds. The van der Waals surface area contributed by atoms with Gasteiger partial charge in [0.2, 0.25) is 5.91 Å². The topological polar surface area (TPSA) is 73.0 Å². The summed E-state index contributed by atoms with van der Waals surface area (Å²) in [7, 11) is 1.81. The summed E-state index contributed by atoms with van der Waals surface area (Å²) in [6, 6.07) is 9.19. The van der Waals surface area contributed by atoms with Crippen molar-refractivity contribution in [2.75, 3.05) is 5.32 Å². The summed E-state index contributed by atoms with van der Waals surface area (Å²) in [5.74, 6) is 0.656. The van der Waals surface area contributed by atoms with Crippen molar-refractivity contribution < 1.29 is 13.6 Å². The van der Waals surface area contributed by atoms with Crippen LogP contribution in [0.2, 0.25) is 0 Å². The van der Waals surface area contributed by atoms with Crippen LogP contribution < -0.4 is 5.32 Å². The Labute approximate surface area is 142 Å². The van der Waals surface area contributed by atoms with E-state index in [1.807, 2.05) is 7.05 Å². The molecule has 8 heteroatoms. The highest BCUT2D eigenvalue weighted by Crippen LogP contribution is 2.26. The summed E-state index contributed by atoms with van der Waals surface area (Å²) in [4.78, 5) is 12.2. The van der Waals surface area contributed by atoms with Gasteiger partial charge < -0.3 is 14.3 Å². The number of carbonyl (C=O) groups excluding carboxylic acids is 1. The van der Waals surface area contributed by atoms with Crippen LogP contribution in [-0.4, -0.2) is 25.9 Å². The van der Waals surface area contributed by atoms with Gasteiger partial charge in [-0.05, 0) is 43.3 Å². The molecular formula is C16H15FN4O2S. The van der Waals surface area contributed by atoms with Crippen molar-refractivity contribution in [3.8, 4) is 11.6 Å². The average Bonchev–Trinajstić information content (AvgIpc) is 3.20. The minimum Gasteiger partial charge on any atom is -0.461 e. The van der Waals surface area contributed by atoms with Gasteiger partial charge in [0.05, 0.1) is 11.5 Å². The summed E-state index contributed by atoms with van der Waals surface area (Å²) < 4.78 is 20.0. The highest BCUT2D eigenvalue weighted by atomic mass is 32.2. The van der Waals surface area contributed by atoms with Gasteiger partial charge in [0.1, 0.15) is 5.82 Å². The molecule has 0 aliphatic carbocycles. The van der Waals surface area contributed by atoms with E-state index in [-0.39, 0.29) is 11.7 Å². The first-order valence-corrected chi connectivity index (χ1v) is 8.09. The van der Waals surface area contributed by atoms with Crippen LogP contribution in [0.3, 0.4) is 0 Å².